The zero-order valence-corrected chi connectivity index (χ0v) is 11.4. The van der Waals surface area contributed by atoms with Crippen molar-refractivity contribution in [2.24, 2.45) is 0 Å². The molecule has 0 radical (unpaired) electrons. The molecule has 0 saturated heterocycles. The molecule has 0 unspecified atom stereocenters. The molecule has 0 heterocycles. The number of hydrogen-bond donors (Lipinski definition) is 1. The molecular formula is C11H14BrF2NS. The molecule has 1 aromatic carbocycles. The van der Waals surface area contributed by atoms with E-state index >= 15 is 0 Å². The number of thioether (sulfide) groups is 1. The number of hydrogen-bond acceptors (Lipinski definition) is 2. The highest BCUT2D eigenvalue weighted by molar-refractivity contribution is 9.10. The first-order chi connectivity index (χ1) is 7.65. The molecule has 1 nitrogen and oxygen atoms in total. The Morgan fingerprint density at radius 2 is 1.94 bits per heavy atom. The van der Waals surface area contributed by atoms with Gasteiger partial charge in [0.05, 0.1) is 0 Å². The molecule has 1 aromatic rings. The van der Waals surface area contributed by atoms with Crippen molar-refractivity contribution in [3.05, 3.63) is 28.2 Å². The molecule has 90 valence electrons. The first-order valence-electron chi connectivity index (χ1n) is 5.11. The van der Waals surface area contributed by atoms with Crippen LogP contribution in [0.25, 0.3) is 0 Å². The molecule has 0 spiro atoms. The summed E-state index contributed by atoms with van der Waals surface area (Å²) in [5, 5.41) is 2.78. The van der Waals surface area contributed by atoms with E-state index in [2.05, 4.69) is 28.2 Å². The Hall–Kier alpha value is -0.290. The van der Waals surface area contributed by atoms with Gasteiger partial charge in [0.15, 0.2) is 0 Å². The molecule has 0 aliphatic carbocycles. The van der Waals surface area contributed by atoms with Crippen LogP contribution in [0.1, 0.15) is 13.3 Å². The molecule has 5 heteroatoms. The normalized spacial score (nSPS) is 10.5. The minimum Gasteiger partial charge on any atom is -0.380 e. The SMILES string of the molecule is CCSCCCNc1c(F)cc(Br)cc1F. The van der Waals surface area contributed by atoms with Gasteiger partial charge in [-0.2, -0.15) is 11.8 Å². The van der Waals surface area contributed by atoms with Gasteiger partial charge in [0.1, 0.15) is 17.3 Å². The fourth-order valence-electron chi connectivity index (χ4n) is 1.24. The van der Waals surface area contributed by atoms with Crippen LogP contribution in [0, 0.1) is 11.6 Å². The molecule has 1 rings (SSSR count). The van der Waals surface area contributed by atoms with Gasteiger partial charge in [-0.15, -0.1) is 0 Å². The van der Waals surface area contributed by atoms with Crippen LogP contribution in [-0.4, -0.2) is 18.1 Å². The lowest BCUT2D eigenvalue weighted by molar-refractivity contribution is 0.586. The highest BCUT2D eigenvalue weighted by Crippen LogP contribution is 2.23. The number of benzene rings is 1. The van der Waals surface area contributed by atoms with Crippen LogP contribution in [0.4, 0.5) is 14.5 Å². The second kappa shape index (κ2) is 7.12. The minimum absolute atomic E-state index is 0.0373. The average molecular weight is 310 g/mol. The van der Waals surface area contributed by atoms with E-state index in [1.807, 2.05) is 11.8 Å². The predicted molar refractivity (Wildman–Crippen MR) is 70.2 cm³/mol. The smallest absolute Gasteiger partial charge is 0.150 e. The second-order valence-electron chi connectivity index (χ2n) is 3.22. The third kappa shape index (κ3) is 4.29. The standard InChI is InChI=1S/C11H14BrF2NS/c1-2-16-5-3-4-15-11-9(13)6-8(12)7-10(11)14/h6-7,15H,2-5H2,1H3. The van der Waals surface area contributed by atoms with Crippen molar-refractivity contribution in [1.82, 2.24) is 0 Å². The Morgan fingerprint density at radius 3 is 2.50 bits per heavy atom. The monoisotopic (exact) mass is 309 g/mol. The third-order valence-electron chi connectivity index (χ3n) is 1.98. The van der Waals surface area contributed by atoms with Gasteiger partial charge in [-0.05, 0) is 30.1 Å². The molecule has 0 amide bonds. The fraction of sp³-hybridized carbons (Fsp3) is 0.455. The second-order valence-corrected chi connectivity index (χ2v) is 5.53. The van der Waals surface area contributed by atoms with Crippen molar-refractivity contribution in [3.63, 3.8) is 0 Å². The molecule has 1 N–H and O–H groups in total. The number of anilines is 1. The predicted octanol–water partition coefficient (Wildman–Crippen LogP) is 4.28. The lowest BCUT2D eigenvalue weighted by atomic mass is 10.3. The summed E-state index contributed by atoms with van der Waals surface area (Å²) in [6.07, 6.45) is 0.896. The van der Waals surface area contributed by atoms with Crippen molar-refractivity contribution in [2.45, 2.75) is 13.3 Å². The molecule has 0 bridgehead atoms. The van der Waals surface area contributed by atoms with Gasteiger partial charge in [0, 0.05) is 11.0 Å². The summed E-state index contributed by atoms with van der Waals surface area (Å²) in [6.45, 7) is 2.68. The number of nitrogens with one attached hydrogen (secondary N) is 1. The van der Waals surface area contributed by atoms with E-state index in [-0.39, 0.29) is 5.69 Å². The van der Waals surface area contributed by atoms with Crippen LogP contribution in [0.5, 0.6) is 0 Å². The summed E-state index contributed by atoms with van der Waals surface area (Å²) in [5.74, 6) is 0.953. The van der Waals surface area contributed by atoms with E-state index < -0.39 is 11.6 Å². The van der Waals surface area contributed by atoms with Crippen LogP contribution in [0.2, 0.25) is 0 Å². The van der Waals surface area contributed by atoms with Gasteiger partial charge >= 0.3 is 0 Å². The maximum absolute atomic E-state index is 13.3. The topological polar surface area (TPSA) is 12.0 Å². The summed E-state index contributed by atoms with van der Waals surface area (Å²) >= 11 is 4.86. The first-order valence-corrected chi connectivity index (χ1v) is 7.06. The molecular weight excluding hydrogens is 296 g/mol. The van der Waals surface area contributed by atoms with Gasteiger partial charge in [-0.3, -0.25) is 0 Å². The lowest BCUT2D eigenvalue weighted by Gasteiger charge is -2.08. The minimum atomic E-state index is -0.560. The quantitative estimate of drug-likeness (QED) is 0.787. The van der Waals surface area contributed by atoms with E-state index in [4.69, 9.17) is 0 Å². The van der Waals surface area contributed by atoms with E-state index in [1.54, 1.807) is 0 Å². The third-order valence-corrected chi connectivity index (χ3v) is 3.42. The Bertz CT molecular complexity index is 324. The van der Waals surface area contributed by atoms with Gasteiger partial charge in [0.25, 0.3) is 0 Å². The van der Waals surface area contributed by atoms with Crippen LogP contribution >= 0.6 is 27.7 Å². The summed E-state index contributed by atoms with van der Waals surface area (Å²) in [7, 11) is 0. The lowest BCUT2D eigenvalue weighted by Crippen LogP contribution is -2.06. The zero-order valence-electron chi connectivity index (χ0n) is 9.03. The van der Waals surface area contributed by atoms with Crippen molar-refractivity contribution in [2.75, 3.05) is 23.4 Å². The van der Waals surface area contributed by atoms with E-state index in [1.165, 1.54) is 12.1 Å². The van der Waals surface area contributed by atoms with Crippen LogP contribution < -0.4 is 5.32 Å². The Labute approximate surface area is 107 Å². The van der Waals surface area contributed by atoms with Crippen LogP contribution in [0.15, 0.2) is 16.6 Å². The molecule has 0 fully saturated rings. The van der Waals surface area contributed by atoms with Crippen molar-refractivity contribution in [3.8, 4) is 0 Å². The summed E-state index contributed by atoms with van der Waals surface area (Å²) in [6, 6.07) is 2.51. The van der Waals surface area contributed by atoms with Gasteiger partial charge in [-0.25, -0.2) is 8.78 Å². The van der Waals surface area contributed by atoms with Gasteiger partial charge in [-0.1, -0.05) is 22.9 Å². The Kier molecular flexibility index (Phi) is 6.13. The molecule has 0 saturated carbocycles. The van der Waals surface area contributed by atoms with E-state index in [9.17, 15) is 8.78 Å². The fourth-order valence-corrected chi connectivity index (χ4v) is 2.28. The van der Waals surface area contributed by atoms with Crippen LogP contribution in [-0.2, 0) is 0 Å². The molecule has 16 heavy (non-hydrogen) atoms. The zero-order chi connectivity index (χ0) is 12.0. The van der Waals surface area contributed by atoms with E-state index in [0.717, 1.165) is 17.9 Å². The number of rotatable bonds is 6. The Morgan fingerprint density at radius 1 is 1.31 bits per heavy atom. The highest BCUT2D eigenvalue weighted by Gasteiger charge is 2.09. The molecule has 0 aromatic heterocycles. The van der Waals surface area contributed by atoms with Crippen molar-refractivity contribution in [1.29, 1.82) is 0 Å². The summed E-state index contributed by atoms with van der Waals surface area (Å²) in [4.78, 5) is 0. The average Bonchev–Trinajstić information content (AvgIpc) is 2.20. The van der Waals surface area contributed by atoms with Gasteiger partial charge < -0.3 is 5.32 Å². The molecule has 0 aliphatic rings. The number of halogens is 3. The van der Waals surface area contributed by atoms with Crippen molar-refractivity contribution >= 4 is 33.4 Å². The Balaban J connectivity index is 2.47. The maximum atomic E-state index is 13.3. The molecule has 0 aliphatic heterocycles. The molecule has 0 atom stereocenters. The summed E-state index contributed by atoms with van der Waals surface area (Å²) in [5.41, 5.74) is -0.0373. The van der Waals surface area contributed by atoms with E-state index in [0.29, 0.717) is 11.0 Å². The van der Waals surface area contributed by atoms with Crippen molar-refractivity contribution < 1.29 is 8.78 Å². The maximum Gasteiger partial charge on any atom is 0.150 e. The van der Waals surface area contributed by atoms with Crippen LogP contribution in [0.3, 0.4) is 0 Å². The largest absolute Gasteiger partial charge is 0.380 e. The first kappa shape index (κ1) is 13.8. The highest BCUT2D eigenvalue weighted by atomic mass is 79.9. The summed E-state index contributed by atoms with van der Waals surface area (Å²) < 4.78 is 27.1. The van der Waals surface area contributed by atoms with Gasteiger partial charge in [0.2, 0.25) is 0 Å².